The molecule has 6 heteroatoms. The van der Waals surface area contributed by atoms with Crippen LogP contribution in [-0.2, 0) is 14.3 Å². The Balaban J connectivity index is 1.91. The average molecular weight is 348 g/mol. The van der Waals surface area contributed by atoms with Crippen molar-refractivity contribution < 1.29 is 18.7 Å². The molecule has 0 saturated carbocycles. The van der Waals surface area contributed by atoms with Crippen LogP contribution in [0.3, 0.4) is 0 Å². The van der Waals surface area contributed by atoms with E-state index in [1.807, 2.05) is 6.07 Å². The van der Waals surface area contributed by atoms with Crippen molar-refractivity contribution in [2.24, 2.45) is 0 Å². The van der Waals surface area contributed by atoms with Crippen molar-refractivity contribution in [3.63, 3.8) is 0 Å². The first-order valence-corrected chi connectivity index (χ1v) is 7.47. The molecule has 0 aliphatic carbocycles. The molecule has 2 aromatic rings. The lowest BCUT2D eigenvalue weighted by atomic mass is 10.2. The summed E-state index contributed by atoms with van der Waals surface area (Å²) in [5.41, 5.74) is 0.774. The van der Waals surface area contributed by atoms with Crippen LogP contribution in [0.1, 0.15) is 5.56 Å². The molecular formula is C18H15ClFNO3. The Bertz CT molecular complexity index is 742. The molecule has 0 spiro atoms. The highest BCUT2D eigenvalue weighted by atomic mass is 35.5. The summed E-state index contributed by atoms with van der Waals surface area (Å²) in [6, 6.07) is 13.2. The van der Waals surface area contributed by atoms with Crippen molar-refractivity contribution in [2.45, 2.75) is 0 Å². The van der Waals surface area contributed by atoms with Gasteiger partial charge in [0.1, 0.15) is 5.82 Å². The van der Waals surface area contributed by atoms with E-state index in [1.54, 1.807) is 31.3 Å². The fourth-order valence-electron chi connectivity index (χ4n) is 1.89. The summed E-state index contributed by atoms with van der Waals surface area (Å²) in [6.45, 7) is -0.417. The molecule has 0 unspecified atom stereocenters. The standard InChI is InChI=1S/C18H15ClFNO3/c1-21(13-6-3-2-4-7-13)17(22)12-24-18(23)11-10-14-15(19)8-5-9-16(14)20/h2-11H,12H2,1H3/b11-10+. The predicted octanol–water partition coefficient (Wildman–Crippen LogP) is 3.70. The van der Waals surface area contributed by atoms with Gasteiger partial charge in [-0.15, -0.1) is 0 Å². The van der Waals surface area contributed by atoms with Crippen LogP contribution in [0.15, 0.2) is 54.6 Å². The number of halogens is 2. The first-order valence-electron chi connectivity index (χ1n) is 7.09. The van der Waals surface area contributed by atoms with Crippen molar-refractivity contribution in [1.29, 1.82) is 0 Å². The average Bonchev–Trinajstić information content (AvgIpc) is 2.59. The number of carbonyl (C=O) groups excluding carboxylic acids is 2. The second-order valence-corrected chi connectivity index (χ2v) is 5.27. The summed E-state index contributed by atoms with van der Waals surface area (Å²) >= 11 is 5.85. The van der Waals surface area contributed by atoms with Crippen LogP contribution in [-0.4, -0.2) is 25.5 Å². The molecule has 0 aliphatic heterocycles. The maximum absolute atomic E-state index is 13.6. The van der Waals surface area contributed by atoms with Gasteiger partial charge in [-0.3, -0.25) is 4.79 Å². The Morgan fingerprint density at radius 3 is 2.54 bits per heavy atom. The number of carbonyl (C=O) groups is 2. The van der Waals surface area contributed by atoms with Gasteiger partial charge in [-0.05, 0) is 30.3 Å². The minimum Gasteiger partial charge on any atom is -0.452 e. The van der Waals surface area contributed by atoms with Crippen LogP contribution in [0.25, 0.3) is 6.08 Å². The number of esters is 1. The highest BCUT2D eigenvalue weighted by molar-refractivity contribution is 6.32. The molecule has 0 radical (unpaired) electrons. The predicted molar refractivity (Wildman–Crippen MR) is 91.3 cm³/mol. The second kappa shape index (κ2) is 8.26. The normalized spacial score (nSPS) is 10.6. The number of anilines is 1. The number of nitrogens with zero attached hydrogens (tertiary/aromatic N) is 1. The molecule has 124 valence electrons. The first kappa shape index (κ1) is 17.7. The SMILES string of the molecule is CN(C(=O)COC(=O)/C=C/c1c(F)cccc1Cl)c1ccccc1. The lowest BCUT2D eigenvalue weighted by Gasteiger charge is -2.16. The number of ether oxygens (including phenoxy) is 1. The van der Waals surface area contributed by atoms with Gasteiger partial charge in [-0.1, -0.05) is 35.9 Å². The van der Waals surface area contributed by atoms with Crippen LogP contribution < -0.4 is 4.90 Å². The van der Waals surface area contributed by atoms with E-state index in [9.17, 15) is 14.0 Å². The molecule has 1 amide bonds. The molecule has 0 N–H and O–H groups in total. The van der Waals surface area contributed by atoms with Gasteiger partial charge in [0.2, 0.25) is 0 Å². The van der Waals surface area contributed by atoms with Crippen LogP contribution in [0.5, 0.6) is 0 Å². The monoisotopic (exact) mass is 347 g/mol. The smallest absolute Gasteiger partial charge is 0.331 e. The summed E-state index contributed by atoms with van der Waals surface area (Å²) in [6.07, 6.45) is 2.24. The molecule has 24 heavy (non-hydrogen) atoms. The topological polar surface area (TPSA) is 46.6 Å². The van der Waals surface area contributed by atoms with Gasteiger partial charge in [0.05, 0.1) is 5.02 Å². The van der Waals surface area contributed by atoms with E-state index in [0.29, 0.717) is 5.69 Å². The van der Waals surface area contributed by atoms with E-state index in [4.69, 9.17) is 16.3 Å². The molecule has 4 nitrogen and oxygen atoms in total. The van der Waals surface area contributed by atoms with Gasteiger partial charge in [0, 0.05) is 24.4 Å². The number of para-hydroxylation sites is 1. The highest BCUT2D eigenvalue weighted by Crippen LogP contribution is 2.20. The van der Waals surface area contributed by atoms with Crippen molar-refractivity contribution in [3.05, 3.63) is 71.0 Å². The van der Waals surface area contributed by atoms with Gasteiger partial charge in [0.15, 0.2) is 6.61 Å². The Morgan fingerprint density at radius 2 is 1.88 bits per heavy atom. The van der Waals surface area contributed by atoms with E-state index in [-0.39, 0.29) is 16.5 Å². The molecule has 0 atom stereocenters. The van der Waals surface area contributed by atoms with Crippen LogP contribution in [0.4, 0.5) is 10.1 Å². The zero-order valence-electron chi connectivity index (χ0n) is 12.9. The van der Waals surface area contributed by atoms with E-state index in [0.717, 1.165) is 6.08 Å². The first-order chi connectivity index (χ1) is 11.5. The highest BCUT2D eigenvalue weighted by Gasteiger charge is 2.12. The zero-order chi connectivity index (χ0) is 17.5. The van der Waals surface area contributed by atoms with Crippen molar-refractivity contribution in [1.82, 2.24) is 0 Å². The lowest BCUT2D eigenvalue weighted by Crippen LogP contribution is -2.30. The second-order valence-electron chi connectivity index (χ2n) is 4.86. The number of hydrogen-bond acceptors (Lipinski definition) is 3. The van der Waals surface area contributed by atoms with Gasteiger partial charge < -0.3 is 9.64 Å². The van der Waals surface area contributed by atoms with Crippen molar-refractivity contribution >= 4 is 35.2 Å². The zero-order valence-corrected chi connectivity index (χ0v) is 13.7. The molecule has 0 heterocycles. The fraction of sp³-hybridized carbons (Fsp3) is 0.111. The Labute approximate surface area is 144 Å². The number of amides is 1. The van der Waals surface area contributed by atoms with Crippen LogP contribution >= 0.6 is 11.6 Å². The van der Waals surface area contributed by atoms with E-state index in [2.05, 4.69) is 0 Å². The van der Waals surface area contributed by atoms with Gasteiger partial charge in [0.25, 0.3) is 5.91 Å². The van der Waals surface area contributed by atoms with E-state index >= 15 is 0 Å². The largest absolute Gasteiger partial charge is 0.452 e. The summed E-state index contributed by atoms with van der Waals surface area (Å²) in [5, 5.41) is 0.180. The summed E-state index contributed by atoms with van der Waals surface area (Å²) in [7, 11) is 1.58. The molecule has 0 bridgehead atoms. The quantitative estimate of drug-likeness (QED) is 0.612. The van der Waals surface area contributed by atoms with E-state index < -0.39 is 18.4 Å². The van der Waals surface area contributed by atoms with Crippen molar-refractivity contribution in [2.75, 3.05) is 18.6 Å². The third-order valence-corrected chi connectivity index (χ3v) is 3.57. The van der Waals surface area contributed by atoms with Gasteiger partial charge in [-0.2, -0.15) is 0 Å². The van der Waals surface area contributed by atoms with E-state index in [1.165, 1.54) is 29.2 Å². The van der Waals surface area contributed by atoms with Crippen molar-refractivity contribution in [3.8, 4) is 0 Å². The maximum Gasteiger partial charge on any atom is 0.331 e. The number of rotatable bonds is 5. The fourth-order valence-corrected chi connectivity index (χ4v) is 2.12. The third kappa shape index (κ3) is 4.67. The number of hydrogen-bond donors (Lipinski definition) is 0. The van der Waals surface area contributed by atoms with Crippen LogP contribution in [0.2, 0.25) is 5.02 Å². The molecule has 2 rings (SSSR count). The summed E-state index contributed by atoms with van der Waals surface area (Å²) in [5.74, 6) is -1.69. The molecule has 0 saturated heterocycles. The maximum atomic E-state index is 13.6. The molecule has 0 aliphatic rings. The summed E-state index contributed by atoms with van der Waals surface area (Å²) < 4.78 is 18.4. The summed E-state index contributed by atoms with van der Waals surface area (Å²) in [4.78, 5) is 25.0. The Hall–Kier alpha value is -2.66. The minimum atomic E-state index is -0.760. The minimum absolute atomic E-state index is 0.0869. The number of likely N-dealkylation sites (N-methyl/N-ethyl adjacent to an activating group) is 1. The molecule has 0 fully saturated rings. The molecule has 2 aromatic carbocycles. The Kier molecular flexibility index (Phi) is 6.09. The van der Waals surface area contributed by atoms with Gasteiger partial charge in [-0.25, -0.2) is 9.18 Å². The van der Waals surface area contributed by atoms with Gasteiger partial charge >= 0.3 is 5.97 Å². The molecular weight excluding hydrogens is 333 g/mol. The number of benzene rings is 2. The lowest BCUT2D eigenvalue weighted by molar-refractivity contribution is -0.142. The third-order valence-electron chi connectivity index (χ3n) is 3.24. The molecule has 0 aromatic heterocycles. The Morgan fingerprint density at radius 1 is 1.17 bits per heavy atom. The van der Waals surface area contributed by atoms with Crippen LogP contribution in [0, 0.1) is 5.82 Å².